The summed E-state index contributed by atoms with van der Waals surface area (Å²) < 4.78 is 1.44. The lowest BCUT2D eigenvalue weighted by atomic mass is 9.82. The molecule has 0 saturated heterocycles. The van der Waals surface area contributed by atoms with Crippen molar-refractivity contribution in [1.82, 2.24) is 25.3 Å². The minimum Gasteiger partial charge on any atom is -0.365 e. The Labute approximate surface area is 113 Å². The van der Waals surface area contributed by atoms with Gasteiger partial charge in [0.15, 0.2) is 5.65 Å². The van der Waals surface area contributed by atoms with Gasteiger partial charge in [0, 0.05) is 6.04 Å². The molecule has 0 aliphatic rings. The fourth-order valence-electron chi connectivity index (χ4n) is 2.01. The highest BCUT2D eigenvalue weighted by Crippen LogP contribution is 2.27. The zero-order chi connectivity index (χ0) is 14.0. The van der Waals surface area contributed by atoms with Crippen LogP contribution in [-0.4, -0.2) is 31.3 Å². The quantitative estimate of drug-likeness (QED) is 0.916. The van der Waals surface area contributed by atoms with Gasteiger partial charge in [-0.1, -0.05) is 34.6 Å². The van der Waals surface area contributed by atoms with Crippen molar-refractivity contribution in [2.24, 2.45) is 11.3 Å². The van der Waals surface area contributed by atoms with Crippen LogP contribution in [0.2, 0.25) is 0 Å². The van der Waals surface area contributed by atoms with Crippen molar-refractivity contribution >= 4 is 11.5 Å². The summed E-state index contributed by atoms with van der Waals surface area (Å²) in [5, 5.41) is 19.1. The molecule has 0 spiro atoms. The molecule has 6 heteroatoms. The van der Waals surface area contributed by atoms with Gasteiger partial charge in [0.2, 0.25) is 0 Å². The van der Waals surface area contributed by atoms with Crippen LogP contribution in [0.25, 0.3) is 5.65 Å². The second-order valence-electron chi connectivity index (χ2n) is 6.44. The van der Waals surface area contributed by atoms with Gasteiger partial charge in [-0.15, -0.1) is 14.8 Å². The van der Waals surface area contributed by atoms with Crippen molar-refractivity contribution in [2.45, 2.75) is 47.1 Å². The van der Waals surface area contributed by atoms with E-state index in [0.717, 1.165) is 12.2 Å². The molecule has 1 atom stereocenters. The summed E-state index contributed by atoms with van der Waals surface area (Å²) in [6, 6.07) is 4.14. The molecule has 104 valence electrons. The lowest BCUT2D eigenvalue weighted by molar-refractivity contribution is 0.300. The number of hydrogen-bond acceptors (Lipinski definition) is 5. The average molecular weight is 262 g/mol. The zero-order valence-electron chi connectivity index (χ0n) is 12.3. The Morgan fingerprint density at radius 1 is 1.26 bits per heavy atom. The van der Waals surface area contributed by atoms with Crippen LogP contribution in [0.5, 0.6) is 0 Å². The monoisotopic (exact) mass is 262 g/mol. The fourth-order valence-corrected chi connectivity index (χ4v) is 2.01. The van der Waals surface area contributed by atoms with Crippen LogP contribution < -0.4 is 5.32 Å². The Hall–Kier alpha value is -1.72. The molecule has 1 N–H and O–H groups in total. The van der Waals surface area contributed by atoms with E-state index in [1.54, 1.807) is 0 Å². The van der Waals surface area contributed by atoms with Gasteiger partial charge >= 0.3 is 0 Å². The maximum absolute atomic E-state index is 4.37. The Kier molecular flexibility index (Phi) is 3.68. The number of tetrazole rings is 1. The summed E-state index contributed by atoms with van der Waals surface area (Å²) in [5.41, 5.74) is 0.823. The van der Waals surface area contributed by atoms with Gasteiger partial charge < -0.3 is 5.32 Å². The molecule has 19 heavy (non-hydrogen) atoms. The van der Waals surface area contributed by atoms with E-state index in [4.69, 9.17) is 0 Å². The van der Waals surface area contributed by atoms with Crippen LogP contribution in [-0.2, 0) is 0 Å². The third-order valence-corrected chi connectivity index (χ3v) is 3.14. The number of fused-ring (bicyclic) bond motifs is 1. The zero-order valence-corrected chi connectivity index (χ0v) is 12.3. The SMILES string of the molecule is CC(C)C[C@H](Nc1ccc2nnnn2n1)C(C)(C)C. The molecule has 2 heterocycles. The van der Waals surface area contributed by atoms with Gasteiger partial charge in [-0.25, -0.2) is 0 Å². The smallest absolute Gasteiger partial charge is 0.200 e. The van der Waals surface area contributed by atoms with E-state index in [1.165, 1.54) is 4.63 Å². The summed E-state index contributed by atoms with van der Waals surface area (Å²) in [6.07, 6.45) is 1.10. The highest BCUT2D eigenvalue weighted by Gasteiger charge is 2.25. The first-order valence-corrected chi connectivity index (χ1v) is 6.68. The second-order valence-corrected chi connectivity index (χ2v) is 6.44. The molecule has 0 fully saturated rings. The van der Waals surface area contributed by atoms with Crippen molar-refractivity contribution in [3.05, 3.63) is 12.1 Å². The van der Waals surface area contributed by atoms with Crippen LogP contribution in [0, 0.1) is 11.3 Å². The lowest BCUT2D eigenvalue weighted by Crippen LogP contribution is -2.35. The van der Waals surface area contributed by atoms with E-state index < -0.39 is 0 Å². The number of nitrogens with zero attached hydrogens (tertiary/aromatic N) is 5. The van der Waals surface area contributed by atoms with E-state index >= 15 is 0 Å². The first-order chi connectivity index (χ1) is 8.86. The highest BCUT2D eigenvalue weighted by atomic mass is 15.6. The minimum atomic E-state index is 0.168. The van der Waals surface area contributed by atoms with Crippen LogP contribution in [0.1, 0.15) is 41.0 Å². The summed E-state index contributed by atoms with van der Waals surface area (Å²) in [4.78, 5) is 0. The Bertz CT molecular complexity index is 539. The molecular formula is C13H22N6. The minimum absolute atomic E-state index is 0.168. The number of hydrogen-bond donors (Lipinski definition) is 1. The first kappa shape index (κ1) is 13.7. The molecule has 6 nitrogen and oxygen atoms in total. The Balaban J connectivity index is 2.20. The number of aromatic nitrogens is 5. The van der Waals surface area contributed by atoms with Crippen molar-refractivity contribution in [3.8, 4) is 0 Å². The maximum Gasteiger partial charge on any atom is 0.200 e. The van der Waals surface area contributed by atoms with Crippen LogP contribution in [0.4, 0.5) is 5.82 Å². The lowest BCUT2D eigenvalue weighted by Gasteiger charge is -2.33. The van der Waals surface area contributed by atoms with Crippen molar-refractivity contribution < 1.29 is 0 Å². The van der Waals surface area contributed by atoms with Crippen molar-refractivity contribution in [1.29, 1.82) is 0 Å². The topological polar surface area (TPSA) is 68.0 Å². The van der Waals surface area contributed by atoms with E-state index in [2.05, 4.69) is 60.6 Å². The maximum atomic E-state index is 4.37. The molecule has 0 saturated carbocycles. The molecule has 0 amide bonds. The summed E-state index contributed by atoms with van der Waals surface area (Å²) in [7, 11) is 0. The number of nitrogens with one attached hydrogen (secondary N) is 1. The number of rotatable bonds is 4. The van der Waals surface area contributed by atoms with E-state index in [-0.39, 0.29) is 5.41 Å². The van der Waals surface area contributed by atoms with Gasteiger partial charge in [-0.3, -0.25) is 0 Å². The van der Waals surface area contributed by atoms with Gasteiger partial charge in [-0.05, 0) is 40.3 Å². The Morgan fingerprint density at radius 3 is 2.63 bits per heavy atom. The van der Waals surface area contributed by atoms with Crippen molar-refractivity contribution in [2.75, 3.05) is 5.32 Å². The molecule has 0 bridgehead atoms. The predicted molar refractivity (Wildman–Crippen MR) is 74.9 cm³/mol. The summed E-state index contributed by atoms with van der Waals surface area (Å²) >= 11 is 0. The molecule has 0 aromatic carbocycles. The molecule has 0 aliphatic heterocycles. The predicted octanol–water partition coefficient (Wildman–Crippen LogP) is 2.39. The third-order valence-electron chi connectivity index (χ3n) is 3.14. The molecule has 2 aromatic rings. The van der Waals surface area contributed by atoms with E-state index in [0.29, 0.717) is 17.6 Å². The van der Waals surface area contributed by atoms with Crippen LogP contribution >= 0.6 is 0 Å². The largest absolute Gasteiger partial charge is 0.365 e. The molecule has 0 aliphatic carbocycles. The summed E-state index contributed by atoms with van der Waals surface area (Å²) in [5.74, 6) is 1.44. The molecule has 2 rings (SSSR count). The molecule has 2 aromatic heterocycles. The van der Waals surface area contributed by atoms with Gasteiger partial charge in [0.25, 0.3) is 0 Å². The fraction of sp³-hybridized carbons (Fsp3) is 0.692. The van der Waals surface area contributed by atoms with E-state index in [1.807, 2.05) is 12.1 Å². The second kappa shape index (κ2) is 5.11. The summed E-state index contributed by atoms with van der Waals surface area (Å²) in [6.45, 7) is 11.2. The van der Waals surface area contributed by atoms with Gasteiger partial charge in [0.1, 0.15) is 5.82 Å². The van der Waals surface area contributed by atoms with Gasteiger partial charge in [0.05, 0.1) is 0 Å². The van der Waals surface area contributed by atoms with Gasteiger partial charge in [-0.2, -0.15) is 0 Å². The van der Waals surface area contributed by atoms with E-state index in [9.17, 15) is 0 Å². The normalized spacial score (nSPS) is 14.0. The van der Waals surface area contributed by atoms with Crippen LogP contribution in [0.15, 0.2) is 12.1 Å². The third kappa shape index (κ3) is 3.39. The molecule has 0 radical (unpaired) electrons. The molecular weight excluding hydrogens is 240 g/mol. The standard InChI is InChI=1S/C13H22N6/c1-9(2)8-10(13(3,4)5)14-11-6-7-12-15-17-18-19(12)16-11/h6-7,9-10H,8H2,1-5H3,(H,14,16)/t10-/m0/s1. The highest BCUT2D eigenvalue weighted by molar-refractivity contribution is 5.42. The van der Waals surface area contributed by atoms with Crippen molar-refractivity contribution in [3.63, 3.8) is 0 Å². The molecule has 0 unspecified atom stereocenters. The Morgan fingerprint density at radius 2 is 2.00 bits per heavy atom. The number of anilines is 1. The first-order valence-electron chi connectivity index (χ1n) is 6.68. The van der Waals surface area contributed by atoms with Crippen LogP contribution in [0.3, 0.4) is 0 Å². The average Bonchev–Trinajstić information content (AvgIpc) is 2.73.